The largest absolute Gasteiger partial charge is 0.370 e. The fraction of sp³-hybridized carbons (Fsp3) is 0.500. The number of H-pyrrole nitrogens is 1. The van der Waals surface area contributed by atoms with Gasteiger partial charge in [0.1, 0.15) is 6.61 Å². The molecule has 0 radical (unpaired) electrons. The molecule has 1 aromatic rings. The molecule has 0 spiro atoms. The van der Waals surface area contributed by atoms with E-state index < -0.39 is 5.91 Å². The Kier molecular flexibility index (Phi) is 4.50. The number of nitrogens with one attached hydrogen (secondary N) is 2. The molecule has 0 aromatic carbocycles. The molecule has 1 rings (SSSR count). The summed E-state index contributed by atoms with van der Waals surface area (Å²) in [4.78, 5) is 10.3. The number of primary amides is 1. The van der Waals surface area contributed by atoms with Crippen molar-refractivity contribution in [2.75, 3.05) is 25.1 Å². The minimum atomic E-state index is -0.472. The van der Waals surface area contributed by atoms with E-state index >= 15 is 0 Å². The van der Waals surface area contributed by atoms with Gasteiger partial charge < -0.3 is 15.8 Å². The predicted molar refractivity (Wildman–Crippen MR) is 55.8 cm³/mol. The molecule has 1 heterocycles. The highest BCUT2D eigenvalue weighted by atomic mass is 32.1. The summed E-state index contributed by atoms with van der Waals surface area (Å²) in [6.07, 6.45) is 0. The van der Waals surface area contributed by atoms with Crippen molar-refractivity contribution >= 4 is 34.6 Å². The lowest BCUT2D eigenvalue weighted by atomic mass is 10.6. The third-order valence-corrected chi connectivity index (χ3v) is 2.25. The van der Waals surface area contributed by atoms with E-state index in [1.165, 1.54) is 11.3 Å². The van der Waals surface area contributed by atoms with Gasteiger partial charge in [-0.25, -0.2) is 0 Å². The second-order valence-electron chi connectivity index (χ2n) is 2.36. The van der Waals surface area contributed by atoms with E-state index in [-0.39, 0.29) is 6.61 Å². The molecule has 8 heteroatoms. The number of hydrogen-bond donors (Lipinski definition) is 3. The highest BCUT2D eigenvalue weighted by molar-refractivity contribution is 7.73. The molecule has 0 unspecified atom stereocenters. The Morgan fingerprint density at radius 1 is 1.79 bits per heavy atom. The molecule has 0 saturated heterocycles. The summed E-state index contributed by atoms with van der Waals surface area (Å²) >= 11 is 6.18. The number of anilines is 1. The zero-order valence-electron chi connectivity index (χ0n) is 7.28. The van der Waals surface area contributed by atoms with Crippen molar-refractivity contribution in [3.63, 3.8) is 0 Å². The van der Waals surface area contributed by atoms with Crippen LogP contribution in [0.15, 0.2) is 0 Å². The second kappa shape index (κ2) is 5.68. The van der Waals surface area contributed by atoms with E-state index in [1.807, 2.05) is 0 Å². The van der Waals surface area contributed by atoms with E-state index in [0.29, 0.717) is 22.2 Å². The van der Waals surface area contributed by atoms with Crippen LogP contribution in [-0.4, -0.2) is 35.9 Å². The Bertz CT molecular complexity index is 348. The molecule has 0 aliphatic carbocycles. The van der Waals surface area contributed by atoms with Gasteiger partial charge in [-0.3, -0.25) is 9.89 Å². The maximum atomic E-state index is 10.3. The van der Waals surface area contributed by atoms with E-state index in [1.54, 1.807) is 0 Å². The van der Waals surface area contributed by atoms with Gasteiger partial charge in [-0.05, 0) is 12.2 Å². The van der Waals surface area contributed by atoms with Gasteiger partial charge in [0.15, 0.2) is 3.95 Å². The Balaban J connectivity index is 2.10. The smallest absolute Gasteiger partial charge is 0.243 e. The van der Waals surface area contributed by atoms with Gasteiger partial charge in [-0.2, -0.15) is 0 Å². The third-order valence-electron chi connectivity index (χ3n) is 1.21. The number of amides is 1. The minimum Gasteiger partial charge on any atom is -0.370 e. The topological polar surface area (TPSA) is 93.0 Å². The molecular formula is C6H10N4O2S2. The van der Waals surface area contributed by atoms with Gasteiger partial charge in [0, 0.05) is 6.54 Å². The van der Waals surface area contributed by atoms with Gasteiger partial charge in [0.2, 0.25) is 11.0 Å². The summed E-state index contributed by atoms with van der Waals surface area (Å²) in [5.74, 6) is -0.472. The fourth-order valence-electron chi connectivity index (χ4n) is 0.708. The summed E-state index contributed by atoms with van der Waals surface area (Å²) in [6, 6.07) is 0. The van der Waals surface area contributed by atoms with Crippen molar-refractivity contribution in [1.29, 1.82) is 0 Å². The zero-order valence-corrected chi connectivity index (χ0v) is 8.91. The number of carbonyl (C=O) groups is 1. The fourth-order valence-corrected chi connectivity index (χ4v) is 1.52. The number of hydrogen-bond acceptors (Lipinski definition) is 6. The summed E-state index contributed by atoms with van der Waals surface area (Å²) in [6.45, 7) is 0.899. The average molecular weight is 234 g/mol. The number of carbonyl (C=O) groups excluding carboxylic acids is 1. The molecule has 4 N–H and O–H groups in total. The Morgan fingerprint density at radius 3 is 3.14 bits per heavy atom. The van der Waals surface area contributed by atoms with Gasteiger partial charge in [-0.1, -0.05) is 11.3 Å². The highest BCUT2D eigenvalue weighted by Crippen LogP contribution is 2.09. The molecule has 0 bridgehead atoms. The van der Waals surface area contributed by atoms with Crippen molar-refractivity contribution < 1.29 is 9.53 Å². The maximum Gasteiger partial charge on any atom is 0.243 e. The molecule has 0 fully saturated rings. The number of nitrogens with zero attached hydrogens (tertiary/aromatic N) is 1. The van der Waals surface area contributed by atoms with Crippen LogP contribution in [0.1, 0.15) is 0 Å². The van der Waals surface area contributed by atoms with Crippen molar-refractivity contribution in [2.45, 2.75) is 0 Å². The van der Waals surface area contributed by atoms with Gasteiger partial charge in [-0.15, -0.1) is 5.10 Å². The summed E-state index contributed by atoms with van der Waals surface area (Å²) in [7, 11) is 0. The minimum absolute atomic E-state index is 0.0576. The average Bonchev–Trinajstić information content (AvgIpc) is 2.50. The summed E-state index contributed by atoms with van der Waals surface area (Å²) in [5, 5.41) is 10.2. The highest BCUT2D eigenvalue weighted by Gasteiger charge is 1.96. The molecule has 0 saturated carbocycles. The van der Waals surface area contributed by atoms with Gasteiger partial charge >= 0.3 is 0 Å². The monoisotopic (exact) mass is 234 g/mol. The number of aromatic amines is 1. The first-order valence-corrected chi connectivity index (χ1v) is 5.06. The number of aromatic nitrogens is 2. The van der Waals surface area contributed by atoms with Crippen LogP contribution in [-0.2, 0) is 9.53 Å². The molecule has 0 aliphatic heterocycles. The lowest BCUT2D eigenvalue weighted by Crippen LogP contribution is -2.20. The van der Waals surface area contributed by atoms with Crippen LogP contribution >= 0.6 is 23.6 Å². The number of ether oxygens (including phenoxy) is 1. The third kappa shape index (κ3) is 4.30. The van der Waals surface area contributed by atoms with E-state index in [2.05, 4.69) is 15.5 Å². The van der Waals surface area contributed by atoms with Crippen LogP contribution < -0.4 is 11.1 Å². The van der Waals surface area contributed by atoms with Crippen molar-refractivity contribution in [2.24, 2.45) is 5.73 Å². The van der Waals surface area contributed by atoms with Crippen LogP contribution in [0.2, 0.25) is 0 Å². The lowest BCUT2D eigenvalue weighted by molar-refractivity contribution is -0.122. The Hall–Kier alpha value is -0.990. The second-order valence-corrected chi connectivity index (χ2v) is 4.03. The first-order valence-electron chi connectivity index (χ1n) is 3.84. The van der Waals surface area contributed by atoms with Gasteiger partial charge in [0.05, 0.1) is 6.61 Å². The van der Waals surface area contributed by atoms with Crippen LogP contribution in [0.5, 0.6) is 0 Å². The molecule has 1 amide bonds. The normalized spacial score (nSPS) is 10.0. The van der Waals surface area contributed by atoms with E-state index in [9.17, 15) is 4.79 Å². The molecule has 78 valence electrons. The zero-order chi connectivity index (χ0) is 10.4. The molecule has 0 aliphatic rings. The van der Waals surface area contributed by atoms with Crippen molar-refractivity contribution in [1.82, 2.24) is 10.2 Å². The predicted octanol–water partition coefficient (Wildman–Crippen LogP) is 0.114. The molecule has 0 atom stereocenters. The lowest BCUT2D eigenvalue weighted by Gasteiger charge is -2.01. The van der Waals surface area contributed by atoms with Crippen LogP contribution in [0.4, 0.5) is 5.13 Å². The van der Waals surface area contributed by atoms with Gasteiger partial charge in [0.25, 0.3) is 0 Å². The number of nitrogens with two attached hydrogens (primary N) is 1. The SMILES string of the molecule is NC(=O)COCCNc1n[nH]c(=S)s1. The molecule has 1 aromatic heterocycles. The van der Waals surface area contributed by atoms with Crippen LogP contribution in [0.3, 0.4) is 0 Å². The number of rotatable bonds is 6. The summed E-state index contributed by atoms with van der Waals surface area (Å²) < 4.78 is 5.54. The quantitative estimate of drug-likeness (QED) is 0.480. The van der Waals surface area contributed by atoms with Crippen LogP contribution in [0, 0.1) is 3.95 Å². The standard InChI is InChI=1S/C6H10N4O2S2/c7-4(11)3-12-2-1-8-5-9-10-6(13)14-5/h1-3H2,(H2,7,11)(H,8,9)(H,10,13). The Morgan fingerprint density at radius 2 is 2.57 bits per heavy atom. The van der Waals surface area contributed by atoms with Crippen LogP contribution in [0.25, 0.3) is 0 Å². The molecule has 14 heavy (non-hydrogen) atoms. The Labute approximate surface area is 89.5 Å². The van der Waals surface area contributed by atoms with Crippen molar-refractivity contribution in [3.8, 4) is 0 Å². The molecule has 6 nitrogen and oxygen atoms in total. The first-order chi connectivity index (χ1) is 6.68. The maximum absolute atomic E-state index is 10.3. The van der Waals surface area contributed by atoms with E-state index in [4.69, 9.17) is 22.7 Å². The first kappa shape index (κ1) is 11.1. The summed E-state index contributed by atoms with van der Waals surface area (Å²) in [5.41, 5.74) is 4.88. The molecular weight excluding hydrogens is 224 g/mol. The van der Waals surface area contributed by atoms with Crippen molar-refractivity contribution in [3.05, 3.63) is 3.95 Å². The van der Waals surface area contributed by atoms with E-state index in [0.717, 1.165) is 0 Å².